The number of hydrogen-bond acceptors (Lipinski definition) is 2. The van der Waals surface area contributed by atoms with Crippen molar-refractivity contribution in [1.29, 1.82) is 0 Å². The number of carbonyl (C=O) groups excluding carboxylic acids is 1. The first-order valence-corrected chi connectivity index (χ1v) is 6.92. The number of para-hydroxylation sites is 1. The van der Waals surface area contributed by atoms with E-state index in [9.17, 15) is 9.59 Å². The van der Waals surface area contributed by atoms with Gasteiger partial charge in [0.25, 0.3) is 0 Å². The Morgan fingerprint density at radius 3 is 2.45 bits per heavy atom. The van der Waals surface area contributed by atoms with E-state index < -0.39 is 23.2 Å². The van der Waals surface area contributed by atoms with Crippen molar-refractivity contribution in [2.24, 2.45) is 17.3 Å². The summed E-state index contributed by atoms with van der Waals surface area (Å²) in [5.74, 6) is -2.12. The van der Waals surface area contributed by atoms with Crippen molar-refractivity contribution in [3.05, 3.63) is 29.3 Å². The summed E-state index contributed by atoms with van der Waals surface area (Å²) >= 11 is 0. The maximum atomic E-state index is 12.4. The first kappa shape index (κ1) is 14.6. The van der Waals surface area contributed by atoms with E-state index in [-0.39, 0.29) is 5.91 Å². The molecule has 0 radical (unpaired) electrons. The number of hydrogen-bond donors (Lipinski definition) is 2. The van der Waals surface area contributed by atoms with Gasteiger partial charge in [0.2, 0.25) is 5.91 Å². The minimum absolute atomic E-state index is 0.189. The molecule has 4 heteroatoms. The molecule has 1 aliphatic carbocycles. The number of carbonyl (C=O) groups is 2. The molecule has 2 atom stereocenters. The van der Waals surface area contributed by atoms with Gasteiger partial charge in [-0.1, -0.05) is 39.0 Å². The zero-order valence-electron chi connectivity index (χ0n) is 12.4. The molecule has 1 fully saturated rings. The molecule has 1 aromatic rings. The summed E-state index contributed by atoms with van der Waals surface area (Å²) in [7, 11) is 0. The Balaban J connectivity index is 2.20. The Morgan fingerprint density at radius 1 is 1.30 bits per heavy atom. The van der Waals surface area contributed by atoms with Crippen LogP contribution in [0.25, 0.3) is 0 Å². The molecule has 108 valence electrons. The molecule has 0 heterocycles. The summed E-state index contributed by atoms with van der Waals surface area (Å²) in [6.45, 7) is 7.64. The molecule has 2 N–H and O–H groups in total. The molecule has 1 amide bonds. The second kappa shape index (κ2) is 4.93. The van der Waals surface area contributed by atoms with Crippen LogP contribution in [0.5, 0.6) is 0 Å². The fraction of sp³-hybridized carbons (Fsp3) is 0.500. The first-order valence-electron chi connectivity index (χ1n) is 6.92. The third kappa shape index (κ3) is 2.30. The predicted molar refractivity (Wildman–Crippen MR) is 77.6 cm³/mol. The lowest BCUT2D eigenvalue weighted by molar-refractivity contribution is -0.140. The van der Waals surface area contributed by atoms with E-state index in [1.165, 1.54) is 0 Å². The minimum Gasteiger partial charge on any atom is -0.481 e. The molecule has 0 aliphatic heterocycles. The van der Waals surface area contributed by atoms with Crippen molar-refractivity contribution in [3.63, 3.8) is 0 Å². The van der Waals surface area contributed by atoms with Crippen LogP contribution in [-0.2, 0) is 16.0 Å². The summed E-state index contributed by atoms with van der Waals surface area (Å²) in [4.78, 5) is 23.5. The fourth-order valence-electron chi connectivity index (χ4n) is 2.99. The largest absolute Gasteiger partial charge is 0.481 e. The quantitative estimate of drug-likeness (QED) is 0.888. The Hall–Kier alpha value is -1.84. The molecule has 1 saturated carbocycles. The molecular weight excluding hydrogens is 254 g/mol. The number of aliphatic carboxylic acids is 1. The third-order valence-corrected chi connectivity index (χ3v) is 4.36. The van der Waals surface area contributed by atoms with Crippen LogP contribution in [0.15, 0.2) is 18.2 Å². The predicted octanol–water partition coefficient (Wildman–Crippen LogP) is 2.85. The van der Waals surface area contributed by atoms with Gasteiger partial charge in [-0.25, -0.2) is 0 Å². The molecule has 1 aliphatic rings. The van der Waals surface area contributed by atoms with Crippen LogP contribution in [0, 0.1) is 24.2 Å². The lowest BCUT2D eigenvalue weighted by Gasteiger charge is -2.13. The summed E-state index contributed by atoms with van der Waals surface area (Å²) in [5.41, 5.74) is 2.43. The lowest BCUT2D eigenvalue weighted by Crippen LogP contribution is -2.19. The fourth-order valence-corrected chi connectivity index (χ4v) is 2.99. The van der Waals surface area contributed by atoms with Gasteiger partial charge in [0.1, 0.15) is 0 Å². The monoisotopic (exact) mass is 275 g/mol. The molecule has 0 spiro atoms. The Labute approximate surface area is 119 Å². The van der Waals surface area contributed by atoms with Gasteiger partial charge >= 0.3 is 5.97 Å². The van der Waals surface area contributed by atoms with Gasteiger partial charge in [0.15, 0.2) is 0 Å². The highest BCUT2D eigenvalue weighted by Crippen LogP contribution is 2.58. The van der Waals surface area contributed by atoms with E-state index >= 15 is 0 Å². The Morgan fingerprint density at radius 2 is 1.95 bits per heavy atom. The number of benzene rings is 1. The van der Waals surface area contributed by atoms with Crippen LogP contribution in [0.2, 0.25) is 0 Å². The number of rotatable bonds is 4. The van der Waals surface area contributed by atoms with Gasteiger partial charge in [-0.05, 0) is 29.9 Å². The Bertz CT molecular complexity index is 563. The minimum atomic E-state index is -0.893. The topological polar surface area (TPSA) is 66.4 Å². The van der Waals surface area contributed by atoms with Crippen molar-refractivity contribution >= 4 is 17.6 Å². The van der Waals surface area contributed by atoms with Crippen molar-refractivity contribution < 1.29 is 14.7 Å². The highest BCUT2D eigenvalue weighted by Gasteiger charge is 2.65. The second-order valence-corrected chi connectivity index (χ2v) is 6.07. The highest BCUT2D eigenvalue weighted by atomic mass is 16.4. The molecule has 0 aromatic heterocycles. The molecular formula is C16H21NO3. The van der Waals surface area contributed by atoms with E-state index in [0.29, 0.717) is 0 Å². The summed E-state index contributed by atoms with van der Waals surface area (Å²) in [6, 6.07) is 5.89. The second-order valence-electron chi connectivity index (χ2n) is 6.07. The van der Waals surface area contributed by atoms with E-state index in [1.807, 2.05) is 45.9 Å². The standard InChI is InChI=1S/C16H21NO3/c1-5-10-8-6-7-9(2)13(10)17-14(18)11-12(15(19)20)16(11,3)4/h6-8,11-12H,5H2,1-4H3,(H,17,18)(H,19,20). The van der Waals surface area contributed by atoms with Crippen LogP contribution >= 0.6 is 0 Å². The summed E-state index contributed by atoms with van der Waals surface area (Å²) in [5, 5.41) is 12.1. The number of amides is 1. The Kier molecular flexibility index (Phi) is 3.59. The number of carboxylic acid groups (broad SMARTS) is 1. The van der Waals surface area contributed by atoms with Crippen molar-refractivity contribution in [2.45, 2.75) is 34.1 Å². The van der Waals surface area contributed by atoms with Gasteiger partial charge in [0.05, 0.1) is 11.8 Å². The molecule has 1 aromatic carbocycles. The average Bonchev–Trinajstić information content (AvgIpc) is 2.95. The smallest absolute Gasteiger partial charge is 0.307 e. The zero-order valence-corrected chi connectivity index (χ0v) is 12.4. The van der Waals surface area contributed by atoms with Gasteiger partial charge in [-0.2, -0.15) is 0 Å². The molecule has 2 unspecified atom stereocenters. The van der Waals surface area contributed by atoms with Crippen LogP contribution in [0.3, 0.4) is 0 Å². The molecule has 4 nitrogen and oxygen atoms in total. The van der Waals surface area contributed by atoms with Crippen LogP contribution in [0.1, 0.15) is 31.9 Å². The van der Waals surface area contributed by atoms with Crippen molar-refractivity contribution in [1.82, 2.24) is 0 Å². The number of carboxylic acids is 1. The van der Waals surface area contributed by atoms with Gasteiger partial charge < -0.3 is 10.4 Å². The van der Waals surface area contributed by atoms with Gasteiger partial charge in [-0.3, -0.25) is 9.59 Å². The lowest BCUT2D eigenvalue weighted by atomic mass is 10.0. The van der Waals surface area contributed by atoms with Gasteiger partial charge in [0, 0.05) is 5.69 Å². The first-order chi connectivity index (χ1) is 9.30. The number of anilines is 1. The van der Waals surface area contributed by atoms with E-state index in [0.717, 1.165) is 23.2 Å². The normalized spacial score (nSPS) is 23.2. The van der Waals surface area contributed by atoms with Crippen molar-refractivity contribution in [3.8, 4) is 0 Å². The average molecular weight is 275 g/mol. The maximum Gasteiger partial charge on any atom is 0.307 e. The van der Waals surface area contributed by atoms with Gasteiger partial charge in [-0.15, -0.1) is 0 Å². The van der Waals surface area contributed by atoms with Crippen molar-refractivity contribution in [2.75, 3.05) is 5.32 Å². The SMILES string of the molecule is CCc1cccc(C)c1NC(=O)C1C(C(=O)O)C1(C)C. The zero-order chi connectivity index (χ0) is 15.1. The van der Waals surface area contributed by atoms with E-state index in [1.54, 1.807) is 0 Å². The molecule has 2 rings (SSSR count). The highest BCUT2D eigenvalue weighted by molar-refractivity contribution is 6.00. The molecule has 0 bridgehead atoms. The third-order valence-electron chi connectivity index (χ3n) is 4.36. The van der Waals surface area contributed by atoms with Crippen LogP contribution < -0.4 is 5.32 Å². The molecule has 20 heavy (non-hydrogen) atoms. The van der Waals surface area contributed by atoms with E-state index in [4.69, 9.17) is 5.11 Å². The number of nitrogens with one attached hydrogen (secondary N) is 1. The van der Waals surface area contributed by atoms with Crippen LogP contribution in [0.4, 0.5) is 5.69 Å². The summed E-state index contributed by atoms with van der Waals surface area (Å²) < 4.78 is 0. The summed E-state index contributed by atoms with van der Waals surface area (Å²) in [6.07, 6.45) is 0.827. The molecule has 0 saturated heterocycles. The van der Waals surface area contributed by atoms with E-state index in [2.05, 4.69) is 5.32 Å². The maximum absolute atomic E-state index is 12.4. The number of aryl methyl sites for hydroxylation is 2. The van der Waals surface area contributed by atoms with Crippen LogP contribution in [-0.4, -0.2) is 17.0 Å².